The maximum absolute atomic E-state index is 12.7. The number of aromatic nitrogens is 4. The van der Waals surface area contributed by atoms with Crippen molar-refractivity contribution in [1.29, 1.82) is 0 Å². The molecule has 3 rings (SSSR count). The van der Waals surface area contributed by atoms with Crippen molar-refractivity contribution in [3.63, 3.8) is 0 Å². The smallest absolute Gasteiger partial charge is 0.326 e. The number of nitrogen functional groups attached to an aromatic ring is 1. The number of nitrogens with one attached hydrogen (secondary N) is 4. The molecule has 0 spiro atoms. The molecule has 2 heterocycles. The fourth-order valence-corrected chi connectivity index (χ4v) is 4.16. The van der Waals surface area contributed by atoms with E-state index < -0.39 is 23.5 Å². The maximum atomic E-state index is 12.7. The standard InChI is InChI=1S/C31H44N8O11/c32-31-38-27-26(29(43)39-31)36-23(20-35-27)19-34-22-3-1-21(2-4-22)28(42)37-24(30(44)45)5-6-25(41)33-7-9-46-11-13-48-15-17-50-18-16-49-14-12-47-10-8-40/h1-4,20,24,34,40H,5-19H2,(H,33,41)(H,37,42)(H,44,45)(H3,32,35,38,39,43)/t24-/m0/s1. The van der Waals surface area contributed by atoms with Gasteiger partial charge in [0.05, 0.1) is 91.1 Å². The number of rotatable bonds is 26. The molecular formula is C31H44N8O11. The van der Waals surface area contributed by atoms with Gasteiger partial charge >= 0.3 is 5.97 Å². The van der Waals surface area contributed by atoms with Crippen molar-refractivity contribution < 1.29 is 48.3 Å². The highest BCUT2D eigenvalue weighted by Gasteiger charge is 2.22. The predicted octanol–water partition coefficient (Wildman–Crippen LogP) is -0.938. The molecule has 0 saturated heterocycles. The van der Waals surface area contributed by atoms with Gasteiger partial charge in [0.15, 0.2) is 11.2 Å². The molecular weight excluding hydrogens is 660 g/mol. The van der Waals surface area contributed by atoms with Crippen LogP contribution < -0.4 is 27.2 Å². The van der Waals surface area contributed by atoms with Crippen LogP contribution in [0.1, 0.15) is 28.9 Å². The monoisotopic (exact) mass is 704 g/mol. The Hall–Kier alpha value is -4.79. The third-order valence-electron chi connectivity index (χ3n) is 6.66. The number of aromatic amines is 1. The Bertz CT molecular complexity index is 1540. The van der Waals surface area contributed by atoms with Crippen molar-refractivity contribution in [3.8, 4) is 0 Å². The van der Waals surface area contributed by atoms with Gasteiger partial charge in [-0.25, -0.2) is 14.8 Å². The highest BCUT2D eigenvalue weighted by Crippen LogP contribution is 2.12. The van der Waals surface area contributed by atoms with Crippen molar-refractivity contribution in [2.45, 2.75) is 25.4 Å². The molecule has 0 unspecified atom stereocenters. The SMILES string of the molecule is Nc1nc2ncc(CNc3ccc(C(=O)N[C@@H](CCC(=O)NCCOCCOCCOCCOCCOCCO)C(=O)O)cc3)nc2c(=O)[nH]1. The summed E-state index contributed by atoms with van der Waals surface area (Å²) in [5.74, 6) is -2.30. The minimum Gasteiger partial charge on any atom is -0.480 e. The number of nitrogens with zero attached hydrogens (tertiary/aromatic N) is 3. The largest absolute Gasteiger partial charge is 0.480 e. The number of aliphatic carboxylic acids is 1. The van der Waals surface area contributed by atoms with E-state index in [4.69, 9.17) is 34.5 Å². The Labute approximate surface area is 287 Å². The summed E-state index contributed by atoms with van der Waals surface area (Å²) in [5.41, 5.74) is 6.53. The van der Waals surface area contributed by atoms with Crippen LogP contribution in [0.2, 0.25) is 0 Å². The second kappa shape index (κ2) is 22.8. The highest BCUT2D eigenvalue weighted by molar-refractivity contribution is 5.97. The molecule has 50 heavy (non-hydrogen) atoms. The summed E-state index contributed by atoms with van der Waals surface area (Å²) in [6.45, 7) is 4.19. The van der Waals surface area contributed by atoms with E-state index in [0.29, 0.717) is 70.8 Å². The summed E-state index contributed by atoms with van der Waals surface area (Å²) in [5, 5.41) is 26.4. The number of benzene rings is 1. The zero-order valence-electron chi connectivity index (χ0n) is 27.6. The van der Waals surface area contributed by atoms with Crippen molar-refractivity contribution in [1.82, 2.24) is 30.6 Å². The van der Waals surface area contributed by atoms with Crippen LogP contribution in [-0.2, 0) is 39.8 Å². The molecule has 274 valence electrons. The number of aliphatic hydroxyl groups is 1. The maximum Gasteiger partial charge on any atom is 0.326 e. The van der Waals surface area contributed by atoms with Crippen molar-refractivity contribution in [3.05, 3.63) is 52.1 Å². The highest BCUT2D eigenvalue weighted by atomic mass is 16.6. The lowest BCUT2D eigenvalue weighted by Crippen LogP contribution is -2.41. The number of aliphatic hydroxyl groups excluding tert-OH is 1. The van der Waals surface area contributed by atoms with Gasteiger partial charge in [0.1, 0.15) is 6.04 Å². The average Bonchev–Trinajstić information content (AvgIpc) is 3.10. The topological polar surface area (TPSA) is 271 Å². The molecule has 1 atom stereocenters. The van der Waals surface area contributed by atoms with Gasteiger partial charge in [-0.3, -0.25) is 19.4 Å². The third kappa shape index (κ3) is 15.2. The van der Waals surface area contributed by atoms with Crippen LogP contribution in [0, 0.1) is 0 Å². The lowest BCUT2D eigenvalue weighted by Gasteiger charge is -2.15. The Kier molecular flexibility index (Phi) is 18.1. The molecule has 1 aromatic carbocycles. The summed E-state index contributed by atoms with van der Waals surface area (Å²) in [7, 11) is 0. The quantitative estimate of drug-likeness (QED) is 0.0497. The lowest BCUT2D eigenvalue weighted by molar-refractivity contribution is -0.139. The van der Waals surface area contributed by atoms with Crippen LogP contribution in [0.5, 0.6) is 0 Å². The van der Waals surface area contributed by atoms with E-state index in [1.54, 1.807) is 12.1 Å². The van der Waals surface area contributed by atoms with E-state index in [9.17, 15) is 24.3 Å². The molecule has 2 amide bonds. The molecule has 0 aliphatic heterocycles. The van der Waals surface area contributed by atoms with Crippen LogP contribution in [0.25, 0.3) is 11.2 Å². The van der Waals surface area contributed by atoms with E-state index in [1.165, 1.54) is 18.3 Å². The molecule has 0 bridgehead atoms. The van der Waals surface area contributed by atoms with Gasteiger partial charge in [-0.15, -0.1) is 0 Å². The van der Waals surface area contributed by atoms with Gasteiger partial charge in [-0.1, -0.05) is 0 Å². The van der Waals surface area contributed by atoms with E-state index in [1.807, 2.05) is 0 Å². The zero-order valence-corrected chi connectivity index (χ0v) is 27.6. The summed E-state index contributed by atoms with van der Waals surface area (Å²) in [6.07, 6.45) is 1.24. The van der Waals surface area contributed by atoms with Gasteiger partial charge in [0.25, 0.3) is 11.5 Å². The first-order valence-electron chi connectivity index (χ1n) is 15.9. The third-order valence-corrected chi connectivity index (χ3v) is 6.66. The van der Waals surface area contributed by atoms with E-state index in [2.05, 4.69) is 35.9 Å². The molecule has 19 nitrogen and oxygen atoms in total. The number of anilines is 2. The zero-order chi connectivity index (χ0) is 36.0. The number of H-pyrrole nitrogens is 1. The molecule has 0 aliphatic rings. The molecule has 2 aromatic heterocycles. The average molecular weight is 705 g/mol. The van der Waals surface area contributed by atoms with Gasteiger partial charge in [-0.05, 0) is 30.7 Å². The molecule has 0 radical (unpaired) electrons. The van der Waals surface area contributed by atoms with Crippen molar-refractivity contribution in [2.24, 2.45) is 0 Å². The summed E-state index contributed by atoms with van der Waals surface area (Å²) < 4.78 is 26.6. The Balaban J connectivity index is 1.24. The van der Waals surface area contributed by atoms with Gasteiger partial charge in [-0.2, -0.15) is 4.98 Å². The Morgan fingerprint density at radius 2 is 1.46 bits per heavy atom. The molecule has 19 heteroatoms. The van der Waals surface area contributed by atoms with Crippen molar-refractivity contribution in [2.75, 3.05) is 90.3 Å². The minimum atomic E-state index is -1.27. The summed E-state index contributed by atoms with van der Waals surface area (Å²) in [6, 6.07) is 5.02. The number of nitrogens with two attached hydrogens (primary N) is 1. The number of fused-ring (bicyclic) bond motifs is 1. The lowest BCUT2D eigenvalue weighted by atomic mass is 10.1. The first-order chi connectivity index (χ1) is 24.3. The summed E-state index contributed by atoms with van der Waals surface area (Å²) >= 11 is 0. The van der Waals surface area contributed by atoms with Gasteiger partial charge < -0.3 is 55.6 Å². The summed E-state index contributed by atoms with van der Waals surface area (Å²) in [4.78, 5) is 63.4. The Morgan fingerprint density at radius 3 is 2.06 bits per heavy atom. The molecule has 0 aliphatic carbocycles. The van der Waals surface area contributed by atoms with E-state index >= 15 is 0 Å². The fourth-order valence-electron chi connectivity index (χ4n) is 4.16. The second-order valence-electron chi connectivity index (χ2n) is 10.5. The van der Waals surface area contributed by atoms with Crippen molar-refractivity contribution >= 4 is 40.6 Å². The number of amides is 2. The predicted molar refractivity (Wildman–Crippen MR) is 178 cm³/mol. The van der Waals surface area contributed by atoms with Crippen LogP contribution in [-0.4, -0.2) is 133 Å². The van der Waals surface area contributed by atoms with Crippen LogP contribution in [0.15, 0.2) is 35.3 Å². The second-order valence-corrected chi connectivity index (χ2v) is 10.5. The van der Waals surface area contributed by atoms with Crippen LogP contribution in [0.3, 0.4) is 0 Å². The number of carboxylic acids is 1. The molecule has 0 saturated carbocycles. The van der Waals surface area contributed by atoms with E-state index in [0.717, 1.165) is 0 Å². The number of hydrogen-bond donors (Lipinski definition) is 7. The van der Waals surface area contributed by atoms with Crippen LogP contribution in [0.4, 0.5) is 11.6 Å². The normalized spacial score (nSPS) is 11.7. The molecule has 0 fully saturated rings. The number of carbonyl (C=O) groups is 3. The van der Waals surface area contributed by atoms with Gasteiger partial charge in [0, 0.05) is 24.2 Å². The number of hydrogen-bond acceptors (Lipinski definition) is 15. The Morgan fingerprint density at radius 1 is 0.860 bits per heavy atom. The molecule has 8 N–H and O–H groups in total. The first kappa shape index (κ1) is 39.6. The minimum absolute atomic E-state index is 0.0128. The number of carbonyl (C=O) groups excluding carboxylic acids is 2. The number of ether oxygens (including phenoxy) is 5. The first-order valence-corrected chi connectivity index (χ1v) is 15.9. The van der Waals surface area contributed by atoms with E-state index in [-0.39, 0.29) is 67.7 Å². The van der Waals surface area contributed by atoms with Gasteiger partial charge in [0.2, 0.25) is 11.9 Å². The van der Waals surface area contributed by atoms with Crippen LogP contribution >= 0.6 is 0 Å². The number of carboxylic acid groups (broad SMARTS) is 1. The fraction of sp³-hybridized carbons (Fsp3) is 0.516. The molecule has 3 aromatic rings.